The van der Waals surface area contributed by atoms with Crippen molar-refractivity contribution in [1.29, 1.82) is 0 Å². The SMILES string of the molecule is Cc1cc(C)c(Oc2cccc(F)c2CN)c([N+](=O)[O-])c1. The van der Waals surface area contributed by atoms with Gasteiger partial charge in [-0.05, 0) is 37.1 Å². The van der Waals surface area contributed by atoms with E-state index in [1.807, 2.05) is 0 Å². The molecule has 2 aromatic carbocycles. The molecule has 0 amide bonds. The van der Waals surface area contributed by atoms with E-state index in [2.05, 4.69) is 0 Å². The molecule has 2 rings (SSSR count). The number of nitro groups is 1. The van der Waals surface area contributed by atoms with E-state index in [1.54, 1.807) is 19.9 Å². The van der Waals surface area contributed by atoms with Crippen molar-refractivity contribution in [3.8, 4) is 11.5 Å². The van der Waals surface area contributed by atoms with Gasteiger partial charge in [-0.3, -0.25) is 10.1 Å². The molecule has 0 aliphatic heterocycles. The van der Waals surface area contributed by atoms with E-state index < -0.39 is 10.7 Å². The van der Waals surface area contributed by atoms with Crippen LogP contribution in [-0.2, 0) is 6.54 Å². The average Bonchev–Trinajstić information content (AvgIpc) is 2.41. The van der Waals surface area contributed by atoms with E-state index >= 15 is 0 Å². The first kappa shape index (κ1) is 14.9. The first-order valence-corrected chi connectivity index (χ1v) is 6.35. The maximum absolute atomic E-state index is 13.7. The van der Waals surface area contributed by atoms with Crippen molar-refractivity contribution >= 4 is 5.69 Å². The molecule has 6 heteroatoms. The molecule has 0 fully saturated rings. The molecule has 0 heterocycles. The van der Waals surface area contributed by atoms with Crippen LogP contribution in [0, 0.1) is 29.8 Å². The van der Waals surface area contributed by atoms with E-state index in [0.717, 1.165) is 5.56 Å². The Morgan fingerprint density at radius 3 is 2.67 bits per heavy atom. The minimum atomic E-state index is -0.517. The molecule has 2 N–H and O–H groups in total. The normalized spacial score (nSPS) is 10.5. The number of benzene rings is 2. The van der Waals surface area contributed by atoms with Gasteiger partial charge >= 0.3 is 5.69 Å². The Morgan fingerprint density at radius 1 is 1.33 bits per heavy atom. The van der Waals surface area contributed by atoms with E-state index in [1.165, 1.54) is 24.3 Å². The van der Waals surface area contributed by atoms with Crippen LogP contribution < -0.4 is 10.5 Å². The third-order valence-corrected chi connectivity index (χ3v) is 3.09. The molecule has 0 atom stereocenters. The summed E-state index contributed by atoms with van der Waals surface area (Å²) in [6.45, 7) is 3.41. The van der Waals surface area contributed by atoms with Gasteiger partial charge in [-0.2, -0.15) is 0 Å². The second-order valence-corrected chi connectivity index (χ2v) is 4.71. The third kappa shape index (κ3) is 3.00. The first-order valence-electron chi connectivity index (χ1n) is 6.35. The fourth-order valence-corrected chi connectivity index (χ4v) is 2.14. The third-order valence-electron chi connectivity index (χ3n) is 3.09. The van der Waals surface area contributed by atoms with Gasteiger partial charge in [-0.15, -0.1) is 0 Å². The van der Waals surface area contributed by atoms with Crippen molar-refractivity contribution in [2.75, 3.05) is 0 Å². The molecule has 0 unspecified atom stereocenters. The van der Waals surface area contributed by atoms with Gasteiger partial charge in [0.05, 0.1) is 4.92 Å². The van der Waals surface area contributed by atoms with Crippen molar-refractivity contribution < 1.29 is 14.1 Å². The fourth-order valence-electron chi connectivity index (χ4n) is 2.14. The molecule has 0 spiro atoms. The van der Waals surface area contributed by atoms with E-state index in [-0.39, 0.29) is 29.3 Å². The molecule has 0 saturated carbocycles. The number of nitro benzene ring substituents is 1. The summed E-state index contributed by atoms with van der Waals surface area (Å²) in [5.74, 6) is -0.208. The molecule has 0 aliphatic rings. The van der Waals surface area contributed by atoms with Crippen molar-refractivity contribution in [2.45, 2.75) is 20.4 Å². The van der Waals surface area contributed by atoms with Gasteiger partial charge < -0.3 is 10.5 Å². The van der Waals surface area contributed by atoms with Crippen LogP contribution in [-0.4, -0.2) is 4.92 Å². The molecule has 0 saturated heterocycles. The maximum atomic E-state index is 13.7. The minimum Gasteiger partial charge on any atom is -0.449 e. The van der Waals surface area contributed by atoms with E-state index in [4.69, 9.17) is 10.5 Å². The highest BCUT2D eigenvalue weighted by atomic mass is 19.1. The summed E-state index contributed by atoms with van der Waals surface area (Å²) in [5.41, 5.74) is 6.91. The predicted molar refractivity (Wildman–Crippen MR) is 76.9 cm³/mol. The monoisotopic (exact) mass is 290 g/mol. The highest BCUT2D eigenvalue weighted by Gasteiger charge is 2.20. The van der Waals surface area contributed by atoms with Crippen molar-refractivity contribution in [2.24, 2.45) is 5.73 Å². The van der Waals surface area contributed by atoms with Crippen molar-refractivity contribution in [1.82, 2.24) is 0 Å². The summed E-state index contributed by atoms with van der Waals surface area (Å²) in [7, 11) is 0. The largest absolute Gasteiger partial charge is 0.449 e. The van der Waals surface area contributed by atoms with Crippen molar-refractivity contribution in [3.05, 3.63) is 63.0 Å². The first-order chi connectivity index (χ1) is 9.93. The van der Waals surface area contributed by atoms with Gasteiger partial charge in [0, 0.05) is 18.2 Å². The van der Waals surface area contributed by atoms with Gasteiger partial charge in [0.1, 0.15) is 11.6 Å². The Bertz CT molecular complexity index is 702. The lowest BCUT2D eigenvalue weighted by molar-refractivity contribution is -0.385. The van der Waals surface area contributed by atoms with Gasteiger partial charge in [0.25, 0.3) is 0 Å². The number of nitrogens with two attached hydrogens (primary N) is 1. The molecule has 110 valence electrons. The molecule has 0 radical (unpaired) electrons. The lowest BCUT2D eigenvalue weighted by Crippen LogP contribution is -2.04. The van der Waals surface area contributed by atoms with Crippen LogP contribution >= 0.6 is 0 Å². The molecule has 0 aliphatic carbocycles. The van der Waals surface area contributed by atoms with Gasteiger partial charge in [0.2, 0.25) is 5.75 Å². The zero-order valence-electron chi connectivity index (χ0n) is 11.7. The Morgan fingerprint density at radius 2 is 2.05 bits per heavy atom. The lowest BCUT2D eigenvalue weighted by Gasteiger charge is -2.13. The Hall–Kier alpha value is -2.47. The number of nitrogens with zero attached hydrogens (tertiary/aromatic N) is 1. The highest BCUT2D eigenvalue weighted by Crippen LogP contribution is 2.37. The summed E-state index contributed by atoms with van der Waals surface area (Å²) in [5, 5.41) is 11.2. The molecule has 21 heavy (non-hydrogen) atoms. The topological polar surface area (TPSA) is 78.4 Å². The number of rotatable bonds is 4. The summed E-state index contributed by atoms with van der Waals surface area (Å²) in [6, 6.07) is 7.46. The summed E-state index contributed by atoms with van der Waals surface area (Å²) >= 11 is 0. The zero-order valence-corrected chi connectivity index (χ0v) is 11.7. The highest BCUT2D eigenvalue weighted by molar-refractivity contribution is 5.56. The van der Waals surface area contributed by atoms with Crippen LogP contribution in [0.2, 0.25) is 0 Å². The van der Waals surface area contributed by atoms with Crippen LogP contribution in [0.5, 0.6) is 11.5 Å². The van der Waals surface area contributed by atoms with Crippen LogP contribution in [0.4, 0.5) is 10.1 Å². The van der Waals surface area contributed by atoms with Crippen molar-refractivity contribution in [3.63, 3.8) is 0 Å². The Labute approximate surface area is 121 Å². The van der Waals surface area contributed by atoms with Crippen LogP contribution in [0.25, 0.3) is 0 Å². The number of halogens is 1. The molecular weight excluding hydrogens is 275 g/mol. The van der Waals surface area contributed by atoms with E-state index in [9.17, 15) is 14.5 Å². The lowest BCUT2D eigenvalue weighted by atomic mass is 10.1. The molecule has 5 nitrogen and oxygen atoms in total. The Balaban J connectivity index is 2.54. The number of hydrogen-bond acceptors (Lipinski definition) is 4. The van der Waals surface area contributed by atoms with Crippen LogP contribution in [0.3, 0.4) is 0 Å². The molecule has 2 aromatic rings. The van der Waals surface area contributed by atoms with Crippen LogP contribution in [0.1, 0.15) is 16.7 Å². The average molecular weight is 290 g/mol. The second kappa shape index (κ2) is 5.88. The molecule has 0 aromatic heterocycles. The van der Waals surface area contributed by atoms with E-state index in [0.29, 0.717) is 5.56 Å². The molecular formula is C15H15FN2O3. The standard InChI is InChI=1S/C15H15FN2O3/c1-9-6-10(2)15(13(7-9)18(19)20)21-14-5-3-4-12(16)11(14)8-17/h3-7H,8,17H2,1-2H3. The smallest absolute Gasteiger partial charge is 0.312 e. The summed E-state index contributed by atoms with van der Waals surface area (Å²) < 4.78 is 19.3. The Kier molecular flexibility index (Phi) is 4.18. The predicted octanol–water partition coefficient (Wildman–Crippen LogP) is 3.60. The second-order valence-electron chi connectivity index (χ2n) is 4.71. The number of hydrogen-bond donors (Lipinski definition) is 1. The molecule has 0 bridgehead atoms. The summed E-state index contributed by atoms with van der Waals surface area (Å²) in [4.78, 5) is 10.6. The maximum Gasteiger partial charge on any atom is 0.312 e. The summed E-state index contributed by atoms with van der Waals surface area (Å²) in [6.07, 6.45) is 0. The number of aryl methyl sites for hydroxylation is 2. The van der Waals surface area contributed by atoms with Crippen LogP contribution in [0.15, 0.2) is 30.3 Å². The quantitative estimate of drug-likeness (QED) is 0.689. The minimum absolute atomic E-state index is 0.0548. The fraction of sp³-hybridized carbons (Fsp3) is 0.200. The van der Waals surface area contributed by atoms with Gasteiger partial charge in [-0.1, -0.05) is 12.1 Å². The number of ether oxygens (including phenoxy) is 1. The van der Waals surface area contributed by atoms with Gasteiger partial charge in [0.15, 0.2) is 0 Å². The van der Waals surface area contributed by atoms with Gasteiger partial charge in [-0.25, -0.2) is 4.39 Å². The zero-order chi connectivity index (χ0) is 15.6.